The number of halogens is 2. The average Bonchev–Trinajstić information content (AvgIpc) is 2.63. The summed E-state index contributed by atoms with van der Waals surface area (Å²) in [6.45, 7) is 5.87. The lowest BCUT2D eigenvalue weighted by atomic mass is 9.95. The van der Waals surface area contributed by atoms with Gasteiger partial charge in [-0.3, -0.25) is 0 Å². The van der Waals surface area contributed by atoms with Gasteiger partial charge in [-0.05, 0) is 62.4 Å². The predicted molar refractivity (Wildman–Crippen MR) is 68.0 cm³/mol. The van der Waals surface area contributed by atoms with E-state index in [9.17, 15) is 4.39 Å². The Kier molecular flexibility index (Phi) is 3.74. The van der Waals surface area contributed by atoms with Crippen LogP contribution < -0.4 is 0 Å². The molecule has 94 valence electrons. The molecule has 1 saturated heterocycles. The van der Waals surface area contributed by atoms with Gasteiger partial charge in [0.05, 0.1) is 17.6 Å². The molecule has 0 aliphatic carbocycles. The first-order chi connectivity index (χ1) is 7.99. The Bertz CT molecular complexity index is 396. The topological polar surface area (TPSA) is 9.23 Å². The minimum Gasteiger partial charge on any atom is -0.373 e. The summed E-state index contributed by atoms with van der Waals surface area (Å²) in [7, 11) is 0. The predicted octanol–water partition coefficient (Wildman–Crippen LogP) is 4.29. The summed E-state index contributed by atoms with van der Waals surface area (Å²) in [5.74, 6) is -0.201. The zero-order chi connectivity index (χ0) is 12.6. The van der Waals surface area contributed by atoms with Crippen LogP contribution in [-0.4, -0.2) is 12.2 Å². The van der Waals surface area contributed by atoms with E-state index in [4.69, 9.17) is 16.3 Å². The van der Waals surface area contributed by atoms with Crippen LogP contribution >= 0.6 is 11.6 Å². The summed E-state index contributed by atoms with van der Waals surface area (Å²) in [6.07, 6.45) is 2.36. The fourth-order valence-corrected chi connectivity index (χ4v) is 3.12. The van der Waals surface area contributed by atoms with E-state index in [1.807, 2.05) is 13.8 Å². The lowest BCUT2D eigenvalue weighted by Gasteiger charge is -2.21. The number of rotatable bonds is 2. The minimum atomic E-state index is -0.201. The molecule has 0 amide bonds. The molecule has 0 N–H and O–H groups in total. The quantitative estimate of drug-likeness (QED) is 0.718. The van der Waals surface area contributed by atoms with Gasteiger partial charge in [0.25, 0.3) is 0 Å². The van der Waals surface area contributed by atoms with Crippen molar-refractivity contribution < 1.29 is 9.13 Å². The first-order valence-electron chi connectivity index (χ1n) is 6.05. The third-order valence-corrected chi connectivity index (χ3v) is 3.92. The van der Waals surface area contributed by atoms with Crippen molar-refractivity contribution in [3.05, 3.63) is 34.6 Å². The van der Waals surface area contributed by atoms with E-state index < -0.39 is 0 Å². The second kappa shape index (κ2) is 4.95. The Hall–Kier alpha value is -0.600. The van der Waals surface area contributed by atoms with Crippen molar-refractivity contribution in [2.24, 2.45) is 0 Å². The Morgan fingerprint density at radius 2 is 1.88 bits per heavy atom. The monoisotopic (exact) mass is 256 g/mol. The molecule has 2 rings (SSSR count). The van der Waals surface area contributed by atoms with Gasteiger partial charge in [0.15, 0.2) is 0 Å². The van der Waals surface area contributed by atoms with Gasteiger partial charge in [0.1, 0.15) is 5.82 Å². The van der Waals surface area contributed by atoms with Gasteiger partial charge in [-0.1, -0.05) is 0 Å². The van der Waals surface area contributed by atoms with E-state index in [0.29, 0.717) is 0 Å². The van der Waals surface area contributed by atoms with Crippen molar-refractivity contribution in [3.63, 3.8) is 0 Å². The summed E-state index contributed by atoms with van der Waals surface area (Å²) in [6, 6.07) is 3.08. The van der Waals surface area contributed by atoms with Crippen molar-refractivity contribution >= 4 is 11.6 Å². The molecule has 0 spiro atoms. The lowest BCUT2D eigenvalue weighted by molar-refractivity contribution is 0.0531. The van der Waals surface area contributed by atoms with E-state index in [1.54, 1.807) is 0 Å². The molecule has 0 aromatic heterocycles. The molecule has 1 aromatic rings. The lowest BCUT2D eigenvalue weighted by Crippen LogP contribution is -2.16. The fraction of sp³-hybridized carbons (Fsp3) is 0.571. The van der Waals surface area contributed by atoms with Crippen LogP contribution in [-0.2, 0) is 4.74 Å². The van der Waals surface area contributed by atoms with Crippen LogP contribution in [0.2, 0.25) is 0 Å². The molecule has 1 fully saturated rings. The molecule has 3 unspecified atom stereocenters. The number of hydrogen-bond acceptors (Lipinski definition) is 1. The van der Waals surface area contributed by atoms with Gasteiger partial charge < -0.3 is 4.74 Å². The first-order valence-corrected chi connectivity index (χ1v) is 6.49. The molecule has 17 heavy (non-hydrogen) atoms. The van der Waals surface area contributed by atoms with Gasteiger partial charge in [-0.15, -0.1) is 11.6 Å². The Morgan fingerprint density at radius 1 is 1.29 bits per heavy atom. The molecule has 3 atom stereocenters. The van der Waals surface area contributed by atoms with Crippen LogP contribution in [0.15, 0.2) is 12.1 Å². The molecule has 0 saturated carbocycles. The fourth-order valence-electron chi connectivity index (χ4n) is 2.59. The number of benzene rings is 1. The SMILES string of the molecule is Cc1cc(F)cc(C)c1C(Cl)C1CCC(C)O1. The van der Waals surface area contributed by atoms with Crippen LogP contribution in [0.3, 0.4) is 0 Å². The van der Waals surface area contributed by atoms with Crippen LogP contribution in [0.1, 0.15) is 41.8 Å². The smallest absolute Gasteiger partial charge is 0.123 e. The zero-order valence-corrected chi connectivity index (χ0v) is 11.2. The highest BCUT2D eigenvalue weighted by Gasteiger charge is 2.31. The van der Waals surface area contributed by atoms with Crippen molar-refractivity contribution in [1.82, 2.24) is 0 Å². The third kappa shape index (κ3) is 2.63. The van der Waals surface area contributed by atoms with Gasteiger partial charge in [-0.2, -0.15) is 0 Å². The molecule has 1 aliphatic heterocycles. The summed E-state index contributed by atoms with van der Waals surface area (Å²) in [5.41, 5.74) is 2.84. The van der Waals surface area contributed by atoms with Crippen molar-refractivity contribution in [2.45, 2.75) is 51.2 Å². The van der Waals surface area contributed by atoms with Gasteiger partial charge in [0, 0.05) is 0 Å². The van der Waals surface area contributed by atoms with E-state index in [1.165, 1.54) is 12.1 Å². The summed E-state index contributed by atoms with van der Waals surface area (Å²) < 4.78 is 19.0. The van der Waals surface area contributed by atoms with Crippen molar-refractivity contribution in [1.29, 1.82) is 0 Å². The number of aryl methyl sites for hydroxylation is 2. The van der Waals surface area contributed by atoms with Gasteiger partial charge >= 0.3 is 0 Å². The number of ether oxygens (including phenoxy) is 1. The molecule has 1 heterocycles. The maximum atomic E-state index is 13.2. The molecule has 3 heteroatoms. The second-order valence-electron chi connectivity index (χ2n) is 4.92. The molecule has 1 aromatic carbocycles. The standard InChI is InChI=1S/C14H18ClFO/c1-8-6-11(16)7-9(2)13(8)14(15)12-5-4-10(3)17-12/h6-7,10,12,14H,4-5H2,1-3H3. The molecule has 1 aliphatic rings. The van der Waals surface area contributed by atoms with Crippen LogP contribution in [0.5, 0.6) is 0 Å². The molecule has 1 nitrogen and oxygen atoms in total. The molecular formula is C14H18ClFO. The van der Waals surface area contributed by atoms with Gasteiger partial charge in [-0.25, -0.2) is 4.39 Å². The Balaban J connectivity index is 2.27. The Labute approximate surface area is 107 Å². The van der Waals surface area contributed by atoms with Crippen LogP contribution in [0.25, 0.3) is 0 Å². The normalized spacial score (nSPS) is 26.2. The average molecular weight is 257 g/mol. The van der Waals surface area contributed by atoms with Crippen molar-refractivity contribution in [2.75, 3.05) is 0 Å². The summed E-state index contributed by atoms with van der Waals surface area (Å²) in [5, 5.41) is -0.180. The second-order valence-corrected chi connectivity index (χ2v) is 5.39. The number of hydrogen-bond donors (Lipinski definition) is 0. The summed E-state index contributed by atoms with van der Waals surface area (Å²) >= 11 is 6.49. The van der Waals surface area contributed by atoms with E-state index >= 15 is 0 Å². The summed E-state index contributed by atoms with van der Waals surface area (Å²) in [4.78, 5) is 0. The number of alkyl halides is 1. The maximum Gasteiger partial charge on any atom is 0.123 e. The zero-order valence-electron chi connectivity index (χ0n) is 10.5. The molecule has 0 bridgehead atoms. The molecular weight excluding hydrogens is 239 g/mol. The third-order valence-electron chi connectivity index (χ3n) is 3.43. The van der Waals surface area contributed by atoms with Crippen LogP contribution in [0, 0.1) is 19.7 Å². The van der Waals surface area contributed by atoms with E-state index in [-0.39, 0.29) is 23.4 Å². The highest BCUT2D eigenvalue weighted by atomic mass is 35.5. The highest BCUT2D eigenvalue weighted by molar-refractivity contribution is 6.21. The van der Waals surface area contributed by atoms with Crippen molar-refractivity contribution in [3.8, 4) is 0 Å². The van der Waals surface area contributed by atoms with Gasteiger partial charge in [0.2, 0.25) is 0 Å². The largest absolute Gasteiger partial charge is 0.373 e. The van der Waals surface area contributed by atoms with E-state index in [2.05, 4.69) is 6.92 Å². The highest BCUT2D eigenvalue weighted by Crippen LogP contribution is 2.37. The maximum absolute atomic E-state index is 13.2. The minimum absolute atomic E-state index is 0.0505. The van der Waals surface area contributed by atoms with E-state index in [0.717, 1.165) is 29.5 Å². The van der Waals surface area contributed by atoms with Crippen LogP contribution in [0.4, 0.5) is 4.39 Å². The first kappa shape index (κ1) is 12.8. The Morgan fingerprint density at radius 3 is 2.35 bits per heavy atom. The molecule has 0 radical (unpaired) electrons.